The molecule has 0 heterocycles. The summed E-state index contributed by atoms with van der Waals surface area (Å²) in [4.78, 5) is 37.3. The number of hydrogen-bond acceptors (Lipinski definition) is 4. The summed E-state index contributed by atoms with van der Waals surface area (Å²) in [5.41, 5.74) is 2.15. The van der Waals surface area contributed by atoms with Gasteiger partial charge in [-0.15, -0.1) is 0 Å². The molecule has 0 spiro atoms. The van der Waals surface area contributed by atoms with E-state index in [-0.39, 0.29) is 30.5 Å². The van der Waals surface area contributed by atoms with E-state index < -0.39 is 11.0 Å². The fourth-order valence-corrected chi connectivity index (χ4v) is 2.87. The highest BCUT2D eigenvalue weighted by molar-refractivity contribution is 5.88. The van der Waals surface area contributed by atoms with Crippen LogP contribution in [0.25, 0.3) is 0 Å². The number of para-hydroxylation sites is 1. The second-order valence-corrected chi connectivity index (χ2v) is 6.30. The molecule has 0 saturated heterocycles. The molecule has 2 amide bonds. The lowest BCUT2D eigenvalue weighted by molar-refractivity contribution is -0.385. The third-order valence-corrected chi connectivity index (χ3v) is 4.55. The molecule has 7 heteroatoms. The van der Waals surface area contributed by atoms with Crippen LogP contribution in [0.15, 0.2) is 48.5 Å². The maximum absolute atomic E-state index is 13.0. The average Bonchev–Trinajstić information content (AvgIpc) is 2.66. The van der Waals surface area contributed by atoms with Gasteiger partial charge in [-0.3, -0.25) is 19.7 Å². The van der Waals surface area contributed by atoms with Gasteiger partial charge in [0, 0.05) is 25.2 Å². The quantitative estimate of drug-likeness (QED) is 0.600. The zero-order chi connectivity index (χ0) is 20.0. The van der Waals surface area contributed by atoms with Gasteiger partial charge >= 0.3 is 0 Å². The predicted molar refractivity (Wildman–Crippen MR) is 102 cm³/mol. The van der Waals surface area contributed by atoms with Crippen molar-refractivity contribution in [2.45, 2.75) is 32.9 Å². The van der Waals surface area contributed by atoms with Gasteiger partial charge in [0.1, 0.15) is 6.04 Å². The van der Waals surface area contributed by atoms with E-state index >= 15 is 0 Å². The van der Waals surface area contributed by atoms with E-state index in [2.05, 4.69) is 5.32 Å². The minimum Gasteiger partial charge on any atom is -0.357 e. The Morgan fingerprint density at radius 2 is 1.70 bits per heavy atom. The van der Waals surface area contributed by atoms with Crippen LogP contribution in [0.3, 0.4) is 0 Å². The van der Waals surface area contributed by atoms with Crippen molar-refractivity contribution < 1.29 is 14.5 Å². The van der Waals surface area contributed by atoms with Gasteiger partial charge in [0.2, 0.25) is 11.8 Å². The first kappa shape index (κ1) is 20.1. The number of aryl methyl sites for hydroxylation is 1. The molecule has 0 aliphatic rings. The van der Waals surface area contributed by atoms with Crippen LogP contribution in [0.5, 0.6) is 0 Å². The van der Waals surface area contributed by atoms with E-state index in [1.54, 1.807) is 25.1 Å². The van der Waals surface area contributed by atoms with Gasteiger partial charge in [0.25, 0.3) is 5.69 Å². The first-order valence-corrected chi connectivity index (χ1v) is 8.63. The number of likely N-dealkylation sites (N-methyl/N-ethyl adjacent to an activating group) is 1. The van der Waals surface area contributed by atoms with E-state index in [1.807, 2.05) is 31.2 Å². The van der Waals surface area contributed by atoms with Crippen LogP contribution >= 0.6 is 0 Å². The van der Waals surface area contributed by atoms with Gasteiger partial charge in [-0.05, 0) is 25.0 Å². The van der Waals surface area contributed by atoms with E-state index in [0.717, 1.165) is 11.1 Å². The molecule has 0 bridgehead atoms. The Labute approximate surface area is 158 Å². The van der Waals surface area contributed by atoms with Gasteiger partial charge in [0.15, 0.2) is 0 Å². The molecule has 0 aliphatic heterocycles. The number of carbonyl (C=O) groups excluding carboxylic acids is 2. The largest absolute Gasteiger partial charge is 0.357 e. The monoisotopic (exact) mass is 369 g/mol. The smallest absolute Gasteiger partial charge is 0.273 e. The minimum absolute atomic E-state index is 0.103. The summed E-state index contributed by atoms with van der Waals surface area (Å²) < 4.78 is 0. The number of rotatable bonds is 7. The van der Waals surface area contributed by atoms with E-state index in [1.165, 1.54) is 18.0 Å². The van der Waals surface area contributed by atoms with Crippen molar-refractivity contribution in [3.63, 3.8) is 0 Å². The van der Waals surface area contributed by atoms with Gasteiger partial charge in [-0.25, -0.2) is 0 Å². The third-order valence-electron chi connectivity index (χ3n) is 4.55. The van der Waals surface area contributed by atoms with Crippen molar-refractivity contribution in [2.24, 2.45) is 0 Å². The Morgan fingerprint density at radius 3 is 2.30 bits per heavy atom. The van der Waals surface area contributed by atoms with Crippen molar-refractivity contribution in [1.82, 2.24) is 10.2 Å². The van der Waals surface area contributed by atoms with Gasteiger partial charge in [-0.1, -0.05) is 42.5 Å². The molecule has 0 aromatic heterocycles. The first-order chi connectivity index (χ1) is 12.8. The third kappa shape index (κ3) is 4.91. The number of hydrogen-bond donors (Lipinski definition) is 1. The van der Waals surface area contributed by atoms with Crippen molar-refractivity contribution in [1.29, 1.82) is 0 Å². The summed E-state index contributed by atoms with van der Waals surface area (Å²) in [5.74, 6) is -0.636. The fourth-order valence-electron chi connectivity index (χ4n) is 2.87. The van der Waals surface area contributed by atoms with E-state index in [4.69, 9.17) is 0 Å². The van der Waals surface area contributed by atoms with Crippen LogP contribution in [0.4, 0.5) is 5.69 Å². The summed E-state index contributed by atoms with van der Waals surface area (Å²) in [6.45, 7) is 3.83. The molecule has 142 valence electrons. The first-order valence-electron chi connectivity index (χ1n) is 8.63. The zero-order valence-electron chi connectivity index (χ0n) is 15.6. The summed E-state index contributed by atoms with van der Waals surface area (Å²) in [7, 11) is 1.51. The number of nitro benzene ring substituents is 1. The molecular formula is C20H23N3O4. The molecule has 2 aromatic rings. The summed E-state index contributed by atoms with van der Waals surface area (Å²) in [6, 6.07) is 13.1. The van der Waals surface area contributed by atoms with Crippen LogP contribution < -0.4 is 5.32 Å². The number of carbonyl (C=O) groups is 2. The molecule has 0 fully saturated rings. The van der Waals surface area contributed by atoms with Crippen LogP contribution in [0.2, 0.25) is 0 Å². The van der Waals surface area contributed by atoms with Gasteiger partial charge in [0.05, 0.1) is 11.3 Å². The normalized spacial score (nSPS) is 11.5. The van der Waals surface area contributed by atoms with Crippen LogP contribution in [-0.4, -0.2) is 34.7 Å². The second kappa shape index (κ2) is 8.93. The lowest BCUT2D eigenvalue weighted by atomic mass is 10.0. The second-order valence-electron chi connectivity index (χ2n) is 6.30. The van der Waals surface area contributed by atoms with Crippen molar-refractivity contribution in [3.05, 3.63) is 75.3 Å². The Bertz CT molecular complexity index is 851. The number of amides is 2. The molecule has 0 radical (unpaired) electrons. The van der Waals surface area contributed by atoms with Crippen molar-refractivity contribution in [2.75, 3.05) is 7.05 Å². The number of nitrogens with zero attached hydrogens (tertiary/aromatic N) is 2. The van der Waals surface area contributed by atoms with Crippen LogP contribution in [0.1, 0.15) is 23.6 Å². The topological polar surface area (TPSA) is 92.6 Å². The zero-order valence-corrected chi connectivity index (χ0v) is 15.6. The summed E-state index contributed by atoms with van der Waals surface area (Å²) in [6.07, 6.45) is -0.148. The molecule has 2 aromatic carbocycles. The van der Waals surface area contributed by atoms with Crippen molar-refractivity contribution >= 4 is 17.5 Å². The lowest BCUT2D eigenvalue weighted by Crippen LogP contribution is -2.47. The molecule has 1 atom stereocenters. The van der Waals surface area contributed by atoms with E-state index in [0.29, 0.717) is 5.56 Å². The average molecular weight is 369 g/mol. The molecule has 27 heavy (non-hydrogen) atoms. The maximum Gasteiger partial charge on any atom is 0.273 e. The highest BCUT2D eigenvalue weighted by atomic mass is 16.6. The molecule has 7 nitrogen and oxygen atoms in total. The standard InChI is InChI=1S/C20H23N3O4/c1-14-8-4-5-10-17(14)13-22(15(2)20(25)21-3)19(24)12-16-9-6-7-11-18(16)23(26)27/h4-11,15H,12-13H2,1-3H3,(H,21,25). The molecule has 0 saturated carbocycles. The van der Waals surface area contributed by atoms with E-state index in [9.17, 15) is 19.7 Å². The number of benzene rings is 2. The van der Waals surface area contributed by atoms with Gasteiger partial charge < -0.3 is 10.2 Å². The highest BCUT2D eigenvalue weighted by Crippen LogP contribution is 2.21. The molecule has 1 N–H and O–H groups in total. The Hall–Kier alpha value is -3.22. The van der Waals surface area contributed by atoms with Gasteiger partial charge in [-0.2, -0.15) is 0 Å². The molecule has 1 unspecified atom stereocenters. The predicted octanol–water partition coefficient (Wildman–Crippen LogP) is 2.61. The summed E-state index contributed by atoms with van der Waals surface area (Å²) >= 11 is 0. The van der Waals surface area contributed by atoms with Crippen LogP contribution in [-0.2, 0) is 22.6 Å². The molecule has 2 rings (SSSR count). The Morgan fingerprint density at radius 1 is 1.11 bits per heavy atom. The maximum atomic E-state index is 13.0. The molecular weight excluding hydrogens is 346 g/mol. The number of nitrogens with one attached hydrogen (secondary N) is 1. The minimum atomic E-state index is -0.704. The fraction of sp³-hybridized carbons (Fsp3) is 0.300. The number of nitro groups is 1. The Kier molecular flexibility index (Phi) is 6.65. The molecule has 0 aliphatic carbocycles. The van der Waals surface area contributed by atoms with Crippen molar-refractivity contribution in [3.8, 4) is 0 Å². The Balaban J connectivity index is 2.32. The van der Waals surface area contributed by atoms with Crippen LogP contribution in [0, 0.1) is 17.0 Å². The lowest BCUT2D eigenvalue weighted by Gasteiger charge is -2.29. The SMILES string of the molecule is CNC(=O)C(C)N(Cc1ccccc1C)C(=O)Cc1ccccc1[N+](=O)[O-]. The highest BCUT2D eigenvalue weighted by Gasteiger charge is 2.27. The summed E-state index contributed by atoms with van der Waals surface area (Å²) in [5, 5.41) is 13.8.